The first-order valence-electron chi connectivity index (χ1n) is 7.08. The lowest BCUT2D eigenvalue weighted by Gasteiger charge is -2.36. The molecule has 16 heavy (non-hydrogen) atoms. The average molecular weight is 224 g/mol. The molecule has 1 aliphatic rings. The Bertz CT molecular complexity index is 180. The monoisotopic (exact) mass is 224 g/mol. The topological polar surface area (TPSA) is 9.23 Å². The minimum atomic E-state index is 0.159. The number of rotatable bonds is 8. The van der Waals surface area contributed by atoms with Crippen LogP contribution in [0.3, 0.4) is 0 Å². The molecule has 1 nitrogen and oxygen atoms in total. The summed E-state index contributed by atoms with van der Waals surface area (Å²) in [6.07, 6.45) is 14.8. The smallest absolute Gasteiger partial charge is 0.0716 e. The molecule has 0 N–H and O–H groups in total. The molecule has 0 radical (unpaired) electrons. The molecule has 1 rings (SSSR count). The van der Waals surface area contributed by atoms with Crippen molar-refractivity contribution in [1.29, 1.82) is 0 Å². The summed E-state index contributed by atoms with van der Waals surface area (Å²) in [4.78, 5) is 0. The molecule has 0 unspecified atom stereocenters. The van der Waals surface area contributed by atoms with Gasteiger partial charge >= 0.3 is 0 Å². The summed E-state index contributed by atoms with van der Waals surface area (Å²) in [6.45, 7) is 7.08. The second kappa shape index (κ2) is 7.89. The number of hydrogen-bond donors (Lipinski definition) is 0. The van der Waals surface area contributed by atoms with E-state index in [0.717, 1.165) is 13.0 Å². The highest BCUT2D eigenvalue weighted by atomic mass is 16.5. The molecular formula is C15H28O. The maximum absolute atomic E-state index is 6.19. The van der Waals surface area contributed by atoms with Crippen molar-refractivity contribution in [3.8, 4) is 0 Å². The van der Waals surface area contributed by atoms with Crippen LogP contribution < -0.4 is 0 Å². The lowest BCUT2D eigenvalue weighted by molar-refractivity contribution is -0.0691. The van der Waals surface area contributed by atoms with Crippen molar-refractivity contribution < 1.29 is 4.74 Å². The van der Waals surface area contributed by atoms with E-state index >= 15 is 0 Å². The molecular weight excluding hydrogens is 196 g/mol. The molecule has 0 heterocycles. The maximum atomic E-state index is 6.19. The van der Waals surface area contributed by atoms with E-state index < -0.39 is 0 Å². The van der Waals surface area contributed by atoms with Crippen molar-refractivity contribution in [2.45, 2.75) is 76.7 Å². The van der Waals surface area contributed by atoms with Crippen LogP contribution in [0.2, 0.25) is 0 Å². The van der Waals surface area contributed by atoms with Gasteiger partial charge in [-0.25, -0.2) is 0 Å². The zero-order chi connectivity index (χ0) is 11.7. The largest absolute Gasteiger partial charge is 0.375 e. The van der Waals surface area contributed by atoms with Gasteiger partial charge in [-0.05, 0) is 25.7 Å². The Labute approximate surface area is 101 Å². The lowest BCUT2D eigenvalue weighted by atomic mass is 9.82. The second-order valence-corrected chi connectivity index (χ2v) is 5.15. The van der Waals surface area contributed by atoms with Gasteiger partial charge in [0.05, 0.1) is 5.60 Å². The molecule has 1 aliphatic carbocycles. The Morgan fingerprint density at radius 2 is 1.88 bits per heavy atom. The number of ether oxygens (including phenoxy) is 1. The zero-order valence-corrected chi connectivity index (χ0v) is 11.0. The van der Waals surface area contributed by atoms with E-state index in [2.05, 4.69) is 13.5 Å². The Kier molecular flexibility index (Phi) is 6.79. The summed E-state index contributed by atoms with van der Waals surface area (Å²) < 4.78 is 6.19. The van der Waals surface area contributed by atoms with E-state index in [9.17, 15) is 0 Å². The van der Waals surface area contributed by atoms with Crippen LogP contribution in [0.1, 0.15) is 71.1 Å². The predicted octanol–water partition coefficient (Wildman–Crippen LogP) is 4.86. The predicted molar refractivity (Wildman–Crippen MR) is 70.7 cm³/mol. The highest BCUT2D eigenvalue weighted by Gasteiger charge is 2.31. The van der Waals surface area contributed by atoms with Crippen LogP contribution >= 0.6 is 0 Å². The highest BCUT2D eigenvalue weighted by molar-refractivity contribution is 4.90. The van der Waals surface area contributed by atoms with Gasteiger partial charge in [-0.1, -0.05) is 51.5 Å². The third-order valence-electron chi connectivity index (χ3n) is 3.69. The first-order valence-corrected chi connectivity index (χ1v) is 7.08. The van der Waals surface area contributed by atoms with Gasteiger partial charge in [0, 0.05) is 6.61 Å². The fourth-order valence-corrected chi connectivity index (χ4v) is 2.68. The van der Waals surface area contributed by atoms with E-state index in [0.29, 0.717) is 0 Å². The van der Waals surface area contributed by atoms with Gasteiger partial charge in [-0.3, -0.25) is 0 Å². The number of unbranched alkanes of at least 4 members (excludes halogenated alkanes) is 3. The van der Waals surface area contributed by atoms with Crippen LogP contribution in [0.15, 0.2) is 12.7 Å². The number of hydrogen-bond acceptors (Lipinski definition) is 1. The van der Waals surface area contributed by atoms with Crippen molar-refractivity contribution in [3.63, 3.8) is 0 Å². The molecule has 1 heteroatoms. The van der Waals surface area contributed by atoms with Gasteiger partial charge in [0.25, 0.3) is 0 Å². The van der Waals surface area contributed by atoms with Crippen LogP contribution in [0, 0.1) is 0 Å². The molecule has 0 bridgehead atoms. The summed E-state index contributed by atoms with van der Waals surface area (Å²) in [7, 11) is 0. The fourth-order valence-electron chi connectivity index (χ4n) is 2.68. The molecule has 94 valence electrons. The van der Waals surface area contributed by atoms with Gasteiger partial charge < -0.3 is 4.74 Å². The van der Waals surface area contributed by atoms with E-state index in [-0.39, 0.29) is 5.60 Å². The Morgan fingerprint density at radius 1 is 1.12 bits per heavy atom. The third kappa shape index (κ3) is 4.69. The van der Waals surface area contributed by atoms with E-state index in [1.54, 1.807) is 0 Å². The first-order chi connectivity index (χ1) is 7.83. The van der Waals surface area contributed by atoms with Gasteiger partial charge in [-0.2, -0.15) is 0 Å². The molecule has 0 spiro atoms. The molecule has 1 fully saturated rings. The molecule has 1 saturated carbocycles. The van der Waals surface area contributed by atoms with Crippen LogP contribution in [0.25, 0.3) is 0 Å². The second-order valence-electron chi connectivity index (χ2n) is 5.15. The Hall–Kier alpha value is -0.300. The summed E-state index contributed by atoms with van der Waals surface area (Å²) in [5.74, 6) is 0. The summed E-state index contributed by atoms with van der Waals surface area (Å²) in [5.41, 5.74) is 0.159. The minimum Gasteiger partial charge on any atom is -0.375 e. The molecule has 0 aromatic heterocycles. The fraction of sp³-hybridized carbons (Fsp3) is 0.867. The lowest BCUT2D eigenvalue weighted by Crippen LogP contribution is -2.34. The molecule has 0 atom stereocenters. The van der Waals surface area contributed by atoms with Gasteiger partial charge in [-0.15, -0.1) is 6.58 Å². The van der Waals surface area contributed by atoms with Gasteiger partial charge in [0.1, 0.15) is 0 Å². The van der Waals surface area contributed by atoms with Crippen molar-refractivity contribution in [2.75, 3.05) is 6.61 Å². The zero-order valence-electron chi connectivity index (χ0n) is 11.0. The van der Waals surface area contributed by atoms with E-state index in [1.165, 1.54) is 57.8 Å². The van der Waals surface area contributed by atoms with Crippen molar-refractivity contribution >= 4 is 0 Å². The third-order valence-corrected chi connectivity index (χ3v) is 3.69. The maximum Gasteiger partial charge on any atom is 0.0716 e. The normalized spacial score (nSPS) is 19.6. The van der Waals surface area contributed by atoms with Crippen molar-refractivity contribution in [1.82, 2.24) is 0 Å². The standard InChI is InChI=1S/C15H28O/c1-3-5-6-10-14-16-15(11-4-2)12-8-7-9-13-15/h4H,2-3,5-14H2,1H3. The van der Waals surface area contributed by atoms with Gasteiger partial charge in [0.2, 0.25) is 0 Å². The highest BCUT2D eigenvalue weighted by Crippen LogP contribution is 2.34. The van der Waals surface area contributed by atoms with Crippen LogP contribution in [0.5, 0.6) is 0 Å². The minimum absolute atomic E-state index is 0.159. The first kappa shape index (κ1) is 13.8. The molecule has 0 aromatic carbocycles. The van der Waals surface area contributed by atoms with Crippen LogP contribution in [-0.2, 0) is 4.74 Å². The van der Waals surface area contributed by atoms with E-state index in [1.807, 2.05) is 6.08 Å². The molecule has 0 amide bonds. The van der Waals surface area contributed by atoms with Crippen LogP contribution in [-0.4, -0.2) is 12.2 Å². The summed E-state index contributed by atoms with van der Waals surface area (Å²) >= 11 is 0. The molecule has 0 saturated heterocycles. The quantitative estimate of drug-likeness (QED) is 0.422. The SMILES string of the molecule is C=CCC1(OCCCCCC)CCCCC1. The van der Waals surface area contributed by atoms with Crippen LogP contribution in [0.4, 0.5) is 0 Å². The average Bonchev–Trinajstić information content (AvgIpc) is 2.30. The Morgan fingerprint density at radius 3 is 2.50 bits per heavy atom. The van der Waals surface area contributed by atoms with Crippen molar-refractivity contribution in [3.05, 3.63) is 12.7 Å². The molecule has 0 aromatic rings. The summed E-state index contributed by atoms with van der Waals surface area (Å²) in [6, 6.07) is 0. The van der Waals surface area contributed by atoms with E-state index in [4.69, 9.17) is 4.74 Å². The Balaban J connectivity index is 2.24. The molecule has 0 aliphatic heterocycles. The van der Waals surface area contributed by atoms with Crippen molar-refractivity contribution in [2.24, 2.45) is 0 Å². The van der Waals surface area contributed by atoms with Gasteiger partial charge in [0.15, 0.2) is 0 Å². The summed E-state index contributed by atoms with van der Waals surface area (Å²) in [5, 5.41) is 0.